The fourth-order valence-corrected chi connectivity index (χ4v) is 3.23. The minimum absolute atomic E-state index is 0.0851. The molecule has 0 spiro atoms. The number of benzene rings is 2. The van der Waals surface area contributed by atoms with Gasteiger partial charge in [0.25, 0.3) is 0 Å². The third-order valence-electron chi connectivity index (χ3n) is 3.65. The van der Waals surface area contributed by atoms with Crippen LogP contribution in [0.25, 0.3) is 0 Å². The van der Waals surface area contributed by atoms with E-state index >= 15 is 0 Å². The number of aryl methyl sites for hydroxylation is 1. The van der Waals surface area contributed by atoms with Gasteiger partial charge in [0.2, 0.25) is 0 Å². The monoisotopic (exact) mass is 306 g/mol. The van der Waals surface area contributed by atoms with Crippen molar-refractivity contribution < 1.29 is 0 Å². The standard InChI is InChI=1S/C18H20Cl2/c1-15-6-5-9-17(10-15)12-18(13-19,14-20)11-16-7-3-2-4-8-16/h2-10H,11-14H2,1H3. The summed E-state index contributed by atoms with van der Waals surface area (Å²) in [6.07, 6.45) is 1.82. The van der Waals surface area contributed by atoms with Gasteiger partial charge in [-0.3, -0.25) is 0 Å². The minimum Gasteiger partial charge on any atom is -0.126 e. The summed E-state index contributed by atoms with van der Waals surface area (Å²) in [6, 6.07) is 19.0. The molecule has 0 aromatic heterocycles. The van der Waals surface area contributed by atoms with Crippen LogP contribution < -0.4 is 0 Å². The van der Waals surface area contributed by atoms with Crippen molar-refractivity contribution in [2.24, 2.45) is 5.41 Å². The van der Waals surface area contributed by atoms with E-state index in [9.17, 15) is 0 Å². The lowest BCUT2D eigenvalue weighted by Gasteiger charge is -2.30. The van der Waals surface area contributed by atoms with E-state index in [1.54, 1.807) is 0 Å². The maximum atomic E-state index is 6.28. The predicted molar refractivity (Wildman–Crippen MR) is 88.9 cm³/mol. The Morgan fingerprint density at radius 3 is 2.00 bits per heavy atom. The summed E-state index contributed by atoms with van der Waals surface area (Å²) >= 11 is 12.6. The molecule has 2 heteroatoms. The van der Waals surface area contributed by atoms with E-state index in [1.165, 1.54) is 16.7 Å². The quantitative estimate of drug-likeness (QED) is 0.640. The lowest BCUT2D eigenvalue weighted by atomic mass is 9.79. The highest BCUT2D eigenvalue weighted by molar-refractivity contribution is 6.21. The smallest absolute Gasteiger partial charge is 0.0297 e. The Morgan fingerprint density at radius 2 is 1.40 bits per heavy atom. The van der Waals surface area contributed by atoms with Gasteiger partial charge in [-0.1, -0.05) is 60.2 Å². The first-order valence-electron chi connectivity index (χ1n) is 6.89. The van der Waals surface area contributed by atoms with Crippen LogP contribution in [0.4, 0.5) is 0 Å². The van der Waals surface area contributed by atoms with E-state index in [0.29, 0.717) is 11.8 Å². The van der Waals surface area contributed by atoms with Gasteiger partial charge in [0.15, 0.2) is 0 Å². The van der Waals surface area contributed by atoms with Crippen molar-refractivity contribution in [2.45, 2.75) is 19.8 Å². The molecule has 0 amide bonds. The van der Waals surface area contributed by atoms with Crippen LogP contribution in [-0.2, 0) is 12.8 Å². The molecule has 0 aliphatic carbocycles. The largest absolute Gasteiger partial charge is 0.126 e. The van der Waals surface area contributed by atoms with Crippen LogP contribution in [0.15, 0.2) is 54.6 Å². The maximum absolute atomic E-state index is 6.28. The van der Waals surface area contributed by atoms with Crippen molar-refractivity contribution in [1.29, 1.82) is 0 Å². The molecule has 0 atom stereocenters. The molecule has 0 nitrogen and oxygen atoms in total. The van der Waals surface area contributed by atoms with E-state index in [0.717, 1.165) is 12.8 Å². The summed E-state index contributed by atoms with van der Waals surface area (Å²) < 4.78 is 0. The highest BCUT2D eigenvalue weighted by Crippen LogP contribution is 2.31. The number of hydrogen-bond donors (Lipinski definition) is 0. The van der Waals surface area contributed by atoms with Gasteiger partial charge < -0.3 is 0 Å². The van der Waals surface area contributed by atoms with Crippen molar-refractivity contribution in [2.75, 3.05) is 11.8 Å². The Bertz CT molecular complexity index is 530. The van der Waals surface area contributed by atoms with Gasteiger partial charge in [-0.15, -0.1) is 23.2 Å². The van der Waals surface area contributed by atoms with Gasteiger partial charge in [0, 0.05) is 17.2 Å². The molecule has 0 fully saturated rings. The summed E-state index contributed by atoms with van der Waals surface area (Å²) in [5.41, 5.74) is 3.79. The first-order chi connectivity index (χ1) is 9.67. The molecule has 2 aromatic rings. The summed E-state index contributed by atoms with van der Waals surface area (Å²) in [5.74, 6) is 1.14. The molecule has 0 N–H and O–H groups in total. The predicted octanol–water partition coefficient (Wildman–Crippen LogP) is 5.24. The minimum atomic E-state index is -0.0851. The van der Waals surface area contributed by atoms with Crippen molar-refractivity contribution in [3.8, 4) is 0 Å². The van der Waals surface area contributed by atoms with Crippen LogP contribution in [0.2, 0.25) is 0 Å². The van der Waals surface area contributed by atoms with Crippen LogP contribution in [0.5, 0.6) is 0 Å². The molecule has 0 heterocycles. The van der Waals surface area contributed by atoms with E-state index in [-0.39, 0.29) is 5.41 Å². The van der Waals surface area contributed by atoms with Gasteiger partial charge >= 0.3 is 0 Å². The number of halogens is 2. The molecule has 20 heavy (non-hydrogen) atoms. The molecule has 0 radical (unpaired) electrons. The summed E-state index contributed by atoms with van der Waals surface area (Å²) in [5, 5.41) is 0. The second kappa shape index (κ2) is 7.15. The zero-order chi connectivity index (χ0) is 14.4. The molecule has 0 unspecified atom stereocenters. The molecular formula is C18H20Cl2. The molecule has 2 rings (SSSR count). The fraction of sp³-hybridized carbons (Fsp3) is 0.333. The van der Waals surface area contributed by atoms with Crippen LogP contribution in [0.1, 0.15) is 16.7 Å². The van der Waals surface area contributed by atoms with Gasteiger partial charge in [-0.25, -0.2) is 0 Å². The normalized spacial score (nSPS) is 11.6. The topological polar surface area (TPSA) is 0 Å². The Morgan fingerprint density at radius 1 is 0.800 bits per heavy atom. The highest BCUT2D eigenvalue weighted by atomic mass is 35.5. The maximum Gasteiger partial charge on any atom is 0.0297 e. The van der Waals surface area contributed by atoms with Crippen molar-refractivity contribution in [3.63, 3.8) is 0 Å². The lowest BCUT2D eigenvalue weighted by Crippen LogP contribution is -2.30. The third kappa shape index (κ3) is 4.01. The average molecular weight is 307 g/mol. The van der Waals surface area contributed by atoms with Crippen LogP contribution in [-0.4, -0.2) is 11.8 Å². The Hall–Kier alpha value is -0.980. The summed E-state index contributed by atoms with van der Waals surface area (Å²) in [6.45, 7) is 2.11. The fourth-order valence-electron chi connectivity index (χ4n) is 2.57. The molecule has 0 saturated carbocycles. The second-order valence-corrected chi connectivity index (χ2v) is 6.13. The molecule has 0 saturated heterocycles. The first kappa shape index (κ1) is 15.4. The van der Waals surface area contributed by atoms with Gasteiger partial charge in [-0.05, 0) is 30.9 Å². The second-order valence-electron chi connectivity index (χ2n) is 5.60. The van der Waals surface area contributed by atoms with Gasteiger partial charge in [0.1, 0.15) is 0 Å². The van der Waals surface area contributed by atoms with Crippen molar-refractivity contribution in [1.82, 2.24) is 0 Å². The lowest BCUT2D eigenvalue weighted by molar-refractivity contribution is 0.374. The van der Waals surface area contributed by atoms with E-state index < -0.39 is 0 Å². The van der Waals surface area contributed by atoms with Gasteiger partial charge in [0.05, 0.1) is 0 Å². The number of alkyl halides is 2. The Kier molecular flexibility index (Phi) is 5.51. The van der Waals surface area contributed by atoms with Crippen LogP contribution >= 0.6 is 23.2 Å². The van der Waals surface area contributed by atoms with Crippen LogP contribution in [0.3, 0.4) is 0 Å². The van der Waals surface area contributed by atoms with E-state index in [2.05, 4.69) is 55.5 Å². The zero-order valence-electron chi connectivity index (χ0n) is 11.8. The molecule has 0 aliphatic rings. The SMILES string of the molecule is Cc1cccc(CC(CCl)(CCl)Cc2ccccc2)c1. The Labute approximate surface area is 131 Å². The van der Waals surface area contributed by atoms with Crippen molar-refractivity contribution in [3.05, 3.63) is 71.3 Å². The van der Waals surface area contributed by atoms with Crippen molar-refractivity contribution >= 4 is 23.2 Å². The summed E-state index contributed by atoms with van der Waals surface area (Å²) in [4.78, 5) is 0. The molecule has 0 aliphatic heterocycles. The van der Waals surface area contributed by atoms with Gasteiger partial charge in [-0.2, -0.15) is 0 Å². The summed E-state index contributed by atoms with van der Waals surface area (Å²) in [7, 11) is 0. The third-order valence-corrected chi connectivity index (χ3v) is 4.78. The van der Waals surface area contributed by atoms with E-state index in [1.807, 2.05) is 6.07 Å². The molecule has 0 bridgehead atoms. The molecule has 2 aromatic carbocycles. The molecular weight excluding hydrogens is 287 g/mol. The number of rotatable bonds is 6. The van der Waals surface area contributed by atoms with Crippen LogP contribution in [0, 0.1) is 12.3 Å². The van der Waals surface area contributed by atoms with E-state index in [4.69, 9.17) is 23.2 Å². The first-order valence-corrected chi connectivity index (χ1v) is 7.96. The average Bonchev–Trinajstić information content (AvgIpc) is 2.47. The number of hydrogen-bond acceptors (Lipinski definition) is 0. The highest BCUT2D eigenvalue weighted by Gasteiger charge is 2.29. The molecule has 106 valence electrons. The Balaban J connectivity index is 2.21. The zero-order valence-corrected chi connectivity index (χ0v) is 13.3.